The van der Waals surface area contributed by atoms with Crippen molar-refractivity contribution in [2.45, 2.75) is 6.92 Å². The molecular weight excluding hydrogens is 480 g/mol. The molecule has 9 heteroatoms. The van der Waals surface area contributed by atoms with E-state index in [1.807, 2.05) is 37.3 Å². The number of fused-ring (bicyclic) bond motifs is 1. The van der Waals surface area contributed by atoms with Crippen LogP contribution in [0.4, 0.5) is 5.69 Å². The molecule has 1 heterocycles. The number of rotatable bonds is 6. The zero-order chi connectivity index (χ0) is 21.0. The number of nitrogens with one attached hydrogen (secondary N) is 2. The summed E-state index contributed by atoms with van der Waals surface area (Å²) in [6.07, 6.45) is 0. The molecule has 1 aromatic heterocycles. The van der Waals surface area contributed by atoms with E-state index in [0.29, 0.717) is 15.6 Å². The Kier molecular flexibility index (Phi) is 6.89. The van der Waals surface area contributed by atoms with Crippen molar-refractivity contribution in [2.24, 2.45) is 0 Å². The predicted molar refractivity (Wildman–Crippen MR) is 118 cm³/mol. The van der Waals surface area contributed by atoms with Crippen molar-refractivity contribution >= 4 is 72.4 Å². The van der Waals surface area contributed by atoms with Gasteiger partial charge in [0, 0.05) is 20.2 Å². The predicted octanol–water partition coefficient (Wildman–Crippen LogP) is 4.54. The lowest BCUT2D eigenvalue weighted by molar-refractivity contribution is -0.146. The van der Waals surface area contributed by atoms with Crippen LogP contribution >= 0.6 is 38.9 Å². The molecule has 0 saturated carbocycles. The molecule has 0 aliphatic heterocycles. The molecule has 0 radical (unpaired) electrons. The van der Waals surface area contributed by atoms with Crippen LogP contribution in [0.5, 0.6) is 0 Å². The molecule has 3 aromatic rings. The van der Waals surface area contributed by atoms with Crippen LogP contribution in [0, 0.1) is 6.92 Å². The summed E-state index contributed by atoms with van der Waals surface area (Å²) in [7, 11) is 0. The Labute approximate surface area is 184 Å². The van der Waals surface area contributed by atoms with Gasteiger partial charge in [-0.3, -0.25) is 14.4 Å². The van der Waals surface area contributed by atoms with E-state index in [9.17, 15) is 14.4 Å². The van der Waals surface area contributed by atoms with Crippen molar-refractivity contribution in [1.82, 2.24) is 5.32 Å². The van der Waals surface area contributed by atoms with Crippen molar-refractivity contribution in [2.75, 3.05) is 18.5 Å². The van der Waals surface area contributed by atoms with Gasteiger partial charge in [-0.05, 0) is 36.8 Å². The van der Waals surface area contributed by atoms with Crippen LogP contribution in [0.3, 0.4) is 0 Å². The lowest BCUT2D eigenvalue weighted by Crippen LogP contribution is -2.32. The average molecular weight is 496 g/mol. The van der Waals surface area contributed by atoms with Crippen LogP contribution in [0.15, 0.2) is 46.9 Å². The number of hydrogen-bond donors (Lipinski definition) is 2. The molecular formula is C20H16BrClN2O4S. The number of carbonyl (C=O) groups excluding carboxylic acids is 3. The third kappa shape index (κ3) is 5.35. The smallest absolute Gasteiger partial charge is 0.325 e. The Morgan fingerprint density at radius 1 is 1.17 bits per heavy atom. The number of carbonyl (C=O) groups is 3. The third-order valence-corrected chi connectivity index (χ3v) is 6.13. The van der Waals surface area contributed by atoms with Crippen LogP contribution in [-0.2, 0) is 14.3 Å². The topological polar surface area (TPSA) is 84.5 Å². The number of anilines is 1. The second kappa shape index (κ2) is 9.39. The molecule has 0 aliphatic rings. The summed E-state index contributed by atoms with van der Waals surface area (Å²) in [5.74, 6) is -1.66. The van der Waals surface area contributed by atoms with Crippen molar-refractivity contribution in [3.05, 3.63) is 62.4 Å². The van der Waals surface area contributed by atoms with E-state index < -0.39 is 24.4 Å². The second-order valence-corrected chi connectivity index (χ2v) is 8.44. The second-order valence-electron chi connectivity index (χ2n) is 6.09. The monoisotopic (exact) mass is 494 g/mol. The first-order valence-corrected chi connectivity index (χ1v) is 10.5. The summed E-state index contributed by atoms with van der Waals surface area (Å²) >= 11 is 10.8. The average Bonchev–Trinajstić information content (AvgIpc) is 3.04. The molecule has 0 unspecified atom stereocenters. The van der Waals surface area contributed by atoms with Crippen LogP contribution in [0.1, 0.15) is 15.2 Å². The molecule has 150 valence electrons. The molecule has 6 nitrogen and oxygen atoms in total. The van der Waals surface area contributed by atoms with E-state index in [2.05, 4.69) is 26.6 Å². The fourth-order valence-corrected chi connectivity index (χ4v) is 4.45. The first kappa shape index (κ1) is 21.3. The summed E-state index contributed by atoms with van der Waals surface area (Å²) in [5.41, 5.74) is 1.49. The number of aryl methyl sites for hydroxylation is 1. The zero-order valence-electron chi connectivity index (χ0n) is 15.3. The van der Waals surface area contributed by atoms with Crippen LogP contribution in [0.2, 0.25) is 5.02 Å². The summed E-state index contributed by atoms with van der Waals surface area (Å²) in [6, 6.07) is 12.8. The highest BCUT2D eigenvalue weighted by Gasteiger charge is 2.18. The molecule has 0 saturated heterocycles. The van der Waals surface area contributed by atoms with Gasteiger partial charge in [0.05, 0.1) is 5.02 Å². The van der Waals surface area contributed by atoms with Crippen molar-refractivity contribution in [3.8, 4) is 0 Å². The number of benzene rings is 2. The Bertz CT molecular complexity index is 1100. The molecule has 3 rings (SSSR count). The van der Waals surface area contributed by atoms with E-state index in [4.69, 9.17) is 16.3 Å². The first-order chi connectivity index (χ1) is 13.8. The molecule has 2 N–H and O–H groups in total. The molecule has 29 heavy (non-hydrogen) atoms. The molecule has 0 bridgehead atoms. The quantitative estimate of drug-likeness (QED) is 0.492. The molecule has 0 aliphatic carbocycles. The lowest BCUT2D eigenvalue weighted by atomic mass is 10.2. The number of hydrogen-bond acceptors (Lipinski definition) is 5. The van der Waals surface area contributed by atoms with Gasteiger partial charge in [-0.2, -0.15) is 0 Å². The standard InChI is InChI=1S/C20H16BrClN2O4S/c1-11-8-12(21)6-7-14(11)24-16(25)10-28-17(26)9-23-20(27)19-18(22)13-4-2-3-5-15(13)29-19/h2-8H,9-10H2,1H3,(H,23,27)(H,24,25). The molecule has 0 fully saturated rings. The largest absolute Gasteiger partial charge is 0.454 e. The summed E-state index contributed by atoms with van der Waals surface area (Å²) in [4.78, 5) is 36.4. The van der Waals surface area contributed by atoms with Gasteiger partial charge >= 0.3 is 5.97 Å². The number of thiophene rings is 1. The van der Waals surface area contributed by atoms with Crippen LogP contribution < -0.4 is 10.6 Å². The number of halogens is 2. The lowest BCUT2D eigenvalue weighted by Gasteiger charge is -2.09. The van der Waals surface area contributed by atoms with Crippen LogP contribution in [0.25, 0.3) is 10.1 Å². The molecule has 0 atom stereocenters. The number of esters is 1. The molecule has 2 aromatic carbocycles. The maximum Gasteiger partial charge on any atom is 0.325 e. The van der Waals surface area contributed by atoms with Gasteiger partial charge in [0.15, 0.2) is 6.61 Å². The Hall–Kier alpha value is -2.42. The third-order valence-electron chi connectivity index (χ3n) is 3.96. The summed E-state index contributed by atoms with van der Waals surface area (Å²) in [6.45, 7) is 1.03. The highest BCUT2D eigenvalue weighted by molar-refractivity contribution is 9.10. The maximum absolute atomic E-state index is 12.3. The van der Waals surface area contributed by atoms with E-state index >= 15 is 0 Å². The van der Waals surface area contributed by atoms with Crippen LogP contribution in [-0.4, -0.2) is 30.9 Å². The van der Waals surface area contributed by atoms with E-state index in [1.165, 1.54) is 11.3 Å². The zero-order valence-corrected chi connectivity index (χ0v) is 18.4. The van der Waals surface area contributed by atoms with E-state index in [0.717, 1.165) is 20.1 Å². The minimum Gasteiger partial charge on any atom is -0.454 e. The van der Waals surface area contributed by atoms with Gasteiger partial charge < -0.3 is 15.4 Å². The Morgan fingerprint density at radius 3 is 2.66 bits per heavy atom. The maximum atomic E-state index is 12.3. The minimum absolute atomic E-state index is 0.323. The number of ether oxygens (including phenoxy) is 1. The molecule has 2 amide bonds. The van der Waals surface area contributed by atoms with E-state index in [1.54, 1.807) is 12.1 Å². The number of amides is 2. The van der Waals surface area contributed by atoms with Gasteiger partial charge in [0.1, 0.15) is 11.4 Å². The van der Waals surface area contributed by atoms with Gasteiger partial charge in [-0.1, -0.05) is 45.7 Å². The summed E-state index contributed by atoms with van der Waals surface area (Å²) < 4.78 is 6.69. The van der Waals surface area contributed by atoms with Crippen molar-refractivity contribution in [3.63, 3.8) is 0 Å². The van der Waals surface area contributed by atoms with Crippen molar-refractivity contribution in [1.29, 1.82) is 0 Å². The molecule has 0 spiro atoms. The van der Waals surface area contributed by atoms with Gasteiger partial charge in [-0.25, -0.2) is 0 Å². The highest BCUT2D eigenvalue weighted by Crippen LogP contribution is 2.34. The Balaban J connectivity index is 1.48. The summed E-state index contributed by atoms with van der Waals surface area (Å²) in [5, 5.41) is 6.26. The van der Waals surface area contributed by atoms with Crippen molar-refractivity contribution < 1.29 is 19.1 Å². The highest BCUT2D eigenvalue weighted by atomic mass is 79.9. The fourth-order valence-electron chi connectivity index (χ4n) is 2.54. The fraction of sp³-hybridized carbons (Fsp3) is 0.150. The first-order valence-electron chi connectivity index (χ1n) is 8.52. The normalized spacial score (nSPS) is 10.6. The van der Waals surface area contributed by atoms with Gasteiger partial charge in [-0.15, -0.1) is 11.3 Å². The Morgan fingerprint density at radius 2 is 1.93 bits per heavy atom. The minimum atomic E-state index is -0.724. The SMILES string of the molecule is Cc1cc(Br)ccc1NC(=O)COC(=O)CNC(=O)c1sc2ccccc2c1Cl. The van der Waals surface area contributed by atoms with Gasteiger partial charge in [0.2, 0.25) is 0 Å². The van der Waals surface area contributed by atoms with Gasteiger partial charge in [0.25, 0.3) is 11.8 Å². The van der Waals surface area contributed by atoms with E-state index in [-0.39, 0.29) is 6.54 Å².